The van der Waals surface area contributed by atoms with E-state index in [1.807, 2.05) is 25.1 Å². The number of furan rings is 1. The molecule has 1 amide bonds. The average molecular weight is 282 g/mol. The van der Waals surface area contributed by atoms with Crippen LogP contribution in [0.5, 0.6) is 5.75 Å². The maximum absolute atomic E-state index is 12.2. The van der Waals surface area contributed by atoms with Crippen LogP contribution in [-0.2, 0) is 0 Å². The summed E-state index contributed by atoms with van der Waals surface area (Å²) in [4.78, 5) is 16.2. The summed E-state index contributed by atoms with van der Waals surface area (Å²) in [5, 5.41) is 3.76. The standard InChI is InChI=1S/C16H14N2O3/c1-10-7-11-8-12(3-4-15(11)21-10)18-16(19)14-9-13(20-2)5-6-17-14/h3-9H,1-2H3,(H,18,19). The van der Waals surface area contributed by atoms with E-state index >= 15 is 0 Å². The van der Waals surface area contributed by atoms with Crippen LogP contribution in [0.3, 0.4) is 0 Å². The Balaban J connectivity index is 1.84. The highest BCUT2D eigenvalue weighted by molar-refractivity contribution is 6.03. The van der Waals surface area contributed by atoms with Gasteiger partial charge >= 0.3 is 0 Å². The van der Waals surface area contributed by atoms with E-state index in [-0.39, 0.29) is 5.91 Å². The number of ether oxygens (including phenoxy) is 1. The summed E-state index contributed by atoms with van der Waals surface area (Å²) in [5.74, 6) is 1.15. The third-order valence-electron chi connectivity index (χ3n) is 3.10. The molecule has 0 aliphatic heterocycles. The van der Waals surface area contributed by atoms with Gasteiger partial charge in [-0.1, -0.05) is 0 Å². The van der Waals surface area contributed by atoms with Gasteiger partial charge in [0.2, 0.25) is 0 Å². The lowest BCUT2D eigenvalue weighted by Gasteiger charge is -2.06. The number of nitrogens with one attached hydrogen (secondary N) is 1. The molecule has 5 nitrogen and oxygen atoms in total. The van der Waals surface area contributed by atoms with E-state index in [0.29, 0.717) is 17.1 Å². The van der Waals surface area contributed by atoms with Crippen molar-refractivity contribution in [1.29, 1.82) is 0 Å². The third-order valence-corrected chi connectivity index (χ3v) is 3.10. The quantitative estimate of drug-likeness (QED) is 0.799. The molecule has 0 saturated carbocycles. The molecule has 106 valence electrons. The highest BCUT2D eigenvalue weighted by atomic mass is 16.5. The second-order valence-corrected chi connectivity index (χ2v) is 4.64. The summed E-state index contributed by atoms with van der Waals surface area (Å²) >= 11 is 0. The monoisotopic (exact) mass is 282 g/mol. The van der Waals surface area contributed by atoms with Crippen LogP contribution in [0.2, 0.25) is 0 Å². The molecule has 2 aromatic heterocycles. The van der Waals surface area contributed by atoms with Gasteiger partial charge in [-0.25, -0.2) is 0 Å². The first-order valence-electron chi connectivity index (χ1n) is 6.47. The molecule has 0 spiro atoms. The Morgan fingerprint density at radius 1 is 1.24 bits per heavy atom. The molecular weight excluding hydrogens is 268 g/mol. The van der Waals surface area contributed by atoms with Gasteiger partial charge in [0.25, 0.3) is 5.91 Å². The number of aryl methyl sites for hydroxylation is 1. The van der Waals surface area contributed by atoms with Crippen molar-refractivity contribution in [3.05, 3.63) is 54.0 Å². The minimum absolute atomic E-state index is 0.284. The lowest BCUT2D eigenvalue weighted by Crippen LogP contribution is -2.13. The predicted octanol–water partition coefficient (Wildman–Crippen LogP) is 3.40. The Bertz CT molecular complexity index is 808. The average Bonchev–Trinajstić information content (AvgIpc) is 2.86. The fourth-order valence-corrected chi connectivity index (χ4v) is 2.11. The van der Waals surface area contributed by atoms with Crippen molar-refractivity contribution in [2.45, 2.75) is 6.92 Å². The fourth-order valence-electron chi connectivity index (χ4n) is 2.11. The molecule has 1 aromatic carbocycles. The summed E-state index contributed by atoms with van der Waals surface area (Å²) in [6.07, 6.45) is 1.54. The SMILES string of the molecule is COc1ccnc(C(=O)Nc2ccc3oc(C)cc3c2)c1. The molecule has 3 rings (SSSR count). The Morgan fingerprint density at radius 3 is 2.90 bits per heavy atom. The summed E-state index contributed by atoms with van der Waals surface area (Å²) in [6, 6.07) is 10.7. The molecule has 21 heavy (non-hydrogen) atoms. The van der Waals surface area contributed by atoms with Crippen molar-refractivity contribution in [1.82, 2.24) is 4.98 Å². The maximum atomic E-state index is 12.2. The lowest BCUT2D eigenvalue weighted by atomic mass is 10.2. The minimum Gasteiger partial charge on any atom is -0.497 e. The van der Waals surface area contributed by atoms with E-state index in [1.165, 1.54) is 6.20 Å². The van der Waals surface area contributed by atoms with Crippen LogP contribution < -0.4 is 10.1 Å². The Labute approximate surface area is 121 Å². The van der Waals surface area contributed by atoms with Gasteiger partial charge in [0.1, 0.15) is 22.8 Å². The van der Waals surface area contributed by atoms with Crippen LogP contribution in [0.25, 0.3) is 11.0 Å². The molecule has 0 fully saturated rings. The number of rotatable bonds is 3. The molecule has 2 heterocycles. The zero-order valence-electron chi connectivity index (χ0n) is 11.7. The van der Waals surface area contributed by atoms with Gasteiger partial charge in [0.15, 0.2) is 0 Å². The number of fused-ring (bicyclic) bond motifs is 1. The summed E-state index contributed by atoms with van der Waals surface area (Å²) < 4.78 is 10.6. The van der Waals surface area contributed by atoms with Crippen molar-refractivity contribution >= 4 is 22.6 Å². The first-order valence-corrected chi connectivity index (χ1v) is 6.47. The minimum atomic E-state index is -0.284. The number of nitrogens with zero attached hydrogens (tertiary/aromatic N) is 1. The van der Waals surface area contributed by atoms with E-state index in [2.05, 4.69) is 10.3 Å². The molecule has 0 saturated heterocycles. The second-order valence-electron chi connectivity index (χ2n) is 4.64. The maximum Gasteiger partial charge on any atom is 0.274 e. The molecule has 0 radical (unpaired) electrons. The summed E-state index contributed by atoms with van der Waals surface area (Å²) in [7, 11) is 1.55. The number of hydrogen-bond donors (Lipinski definition) is 1. The number of benzene rings is 1. The lowest BCUT2D eigenvalue weighted by molar-refractivity contribution is 0.102. The van der Waals surface area contributed by atoms with Crippen LogP contribution in [0.4, 0.5) is 5.69 Å². The number of carbonyl (C=O) groups is 1. The smallest absolute Gasteiger partial charge is 0.274 e. The second kappa shape index (κ2) is 5.28. The first kappa shape index (κ1) is 13.2. The molecule has 5 heteroatoms. The third kappa shape index (κ3) is 2.72. The number of anilines is 1. The van der Waals surface area contributed by atoms with Gasteiger partial charge < -0.3 is 14.5 Å². The van der Waals surface area contributed by atoms with Crippen LogP contribution in [0.15, 0.2) is 47.0 Å². The van der Waals surface area contributed by atoms with E-state index in [9.17, 15) is 4.79 Å². The Kier molecular flexibility index (Phi) is 3.31. The van der Waals surface area contributed by atoms with Gasteiger partial charge in [0, 0.05) is 23.3 Å². The van der Waals surface area contributed by atoms with Gasteiger partial charge in [-0.15, -0.1) is 0 Å². The first-order chi connectivity index (χ1) is 10.2. The van der Waals surface area contributed by atoms with Gasteiger partial charge in [-0.2, -0.15) is 0 Å². The zero-order chi connectivity index (χ0) is 14.8. The fraction of sp³-hybridized carbons (Fsp3) is 0.125. The van der Waals surface area contributed by atoms with Crippen LogP contribution in [-0.4, -0.2) is 18.0 Å². The molecule has 0 atom stereocenters. The largest absolute Gasteiger partial charge is 0.497 e. The van der Waals surface area contributed by atoms with Gasteiger partial charge in [0.05, 0.1) is 7.11 Å². The Hall–Kier alpha value is -2.82. The van der Waals surface area contributed by atoms with Crippen LogP contribution in [0.1, 0.15) is 16.2 Å². The zero-order valence-corrected chi connectivity index (χ0v) is 11.7. The van der Waals surface area contributed by atoms with Crippen LogP contribution >= 0.6 is 0 Å². The normalized spacial score (nSPS) is 10.6. The molecule has 0 aliphatic rings. The van der Waals surface area contributed by atoms with Crippen molar-refractivity contribution in [3.63, 3.8) is 0 Å². The van der Waals surface area contributed by atoms with Crippen LogP contribution in [0, 0.1) is 6.92 Å². The van der Waals surface area contributed by atoms with Crippen molar-refractivity contribution in [3.8, 4) is 5.75 Å². The number of aromatic nitrogens is 1. The van der Waals surface area contributed by atoms with Crippen molar-refractivity contribution in [2.75, 3.05) is 12.4 Å². The number of methoxy groups -OCH3 is 1. The van der Waals surface area contributed by atoms with Crippen molar-refractivity contribution < 1.29 is 13.9 Å². The van der Waals surface area contributed by atoms with E-state index in [4.69, 9.17) is 9.15 Å². The molecule has 3 aromatic rings. The van der Waals surface area contributed by atoms with E-state index < -0.39 is 0 Å². The number of amides is 1. The van der Waals surface area contributed by atoms with E-state index in [0.717, 1.165) is 16.7 Å². The highest BCUT2D eigenvalue weighted by Gasteiger charge is 2.10. The van der Waals surface area contributed by atoms with Gasteiger partial charge in [-0.05, 0) is 37.3 Å². The molecule has 0 aliphatic carbocycles. The predicted molar refractivity (Wildman–Crippen MR) is 79.7 cm³/mol. The number of hydrogen-bond acceptors (Lipinski definition) is 4. The molecule has 0 unspecified atom stereocenters. The van der Waals surface area contributed by atoms with Crippen molar-refractivity contribution in [2.24, 2.45) is 0 Å². The number of carbonyl (C=O) groups excluding carboxylic acids is 1. The molecular formula is C16H14N2O3. The summed E-state index contributed by atoms with van der Waals surface area (Å²) in [5.41, 5.74) is 1.79. The molecule has 1 N–H and O–H groups in total. The Morgan fingerprint density at radius 2 is 2.10 bits per heavy atom. The topological polar surface area (TPSA) is 64.4 Å². The van der Waals surface area contributed by atoms with Gasteiger partial charge in [-0.3, -0.25) is 9.78 Å². The number of pyridine rings is 1. The highest BCUT2D eigenvalue weighted by Crippen LogP contribution is 2.23. The summed E-state index contributed by atoms with van der Waals surface area (Å²) in [6.45, 7) is 1.89. The van der Waals surface area contributed by atoms with E-state index in [1.54, 1.807) is 25.3 Å². The molecule has 0 bridgehead atoms.